The molecule has 1 amide bonds. The van der Waals surface area contributed by atoms with E-state index in [1.165, 1.54) is 34.4 Å². The highest BCUT2D eigenvalue weighted by Gasteiger charge is 2.33. The largest absolute Gasteiger partial charge is 0.449 e. The minimum Gasteiger partial charge on any atom is -0.449 e. The second-order valence-electron chi connectivity index (χ2n) is 12.8. The summed E-state index contributed by atoms with van der Waals surface area (Å²) in [5.74, 6) is 2.16. The molecule has 4 heterocycles. The fourth-order valence-corrected chi connectivity index (χ4v) is 7.36. The van der Waals surface area contributed by atoms with Gasteiger partial charge in [-0.15, -0.1) is 0 Å². The summed E-state index contributed by atoms with van der Waals surface area (Å²) >= 11 is 0. The highest BCUT2D eigenvalue weighted by Crippen LogP contribution is 2.37. The topological polar surface area (TPSA) is 98.9 Å². The predicted octanol–water partition coefficient (Wildman–Crippen LogP) is 7.45. The Labute approximate surface area is 264 Å². The maximum Gasteiger partial charge on any atom is 0.410 e. The fraction of sp³-hybridized carbons (Fsp3) is 0.378. The first kappa shape index (κ1) is 28.1. The van der Waals surface area contributed by atoms with Crippen molar-refractivity contribution in [2.75, 3.05) is 19.7 Å². The Morgan fingerprint density at radius 2 is 1.82 bits per heavy atom. The highest BCUT2D eigenvalue weighted by atomic mass is 16.6. The summed E-state index contributed by atoms with van der Waals surface area (Å²) in [6.45, 7) is 2.17. The number of hydrogen-bond donors (Lipinski definition) is 3. The lowest BCUT2D eigenvalue weighted by molar-refractivity contribution is 0.0883. The van der Waals surface area contributed by atoms with Crippen molar-refractivity contribution in [3.05, 3.63) is 95.9 Å². The van der Waals surface area contributed by atoms with Gasteiger partial charge in [0.15, 0.2) is 0 Å². The number of benzene rings is 2. The second-order valence-corrected chi connectivity index (χ2v) is 12.8. The van der Waals surface area contributed by atoms with Crippen LogP contribution in [0.4, 0.5) is 4.79 Å². The van der Waals surface area contributed by atoms with Crippen LogP contribution in [0.5, 0.6) is 0 Å². The van der Waals surface area contributed by atoms with E-state index in [9.17, 15) is 4.79 Å². The summed E-state index contributed by atoms with van der Waals surface area (Å²) < 4.78 is 5.70. The lowest BCUT2D eigenvalue weighted by Crippen LogP contribution is -2.32. The first-order valence-electron chi connectivity index (χ1n) is 16.6. The van der Waals surface area contributed by atoms with Gasteiger partial charge in [0.25, 0.3) is 0 Å². The Balaban J connectivity index is 0.960. The normalized spacial score (nSPS) is 22.3. The van der Waals surface area contributed by atoms with Gasteiger partial charge in [-0.1, -0.05) is 66.8 Å². The van der Waals surface area contributed by atoms with Crippen LogP contribution in [0.1, 0.15) is 73.5 Å². The molecule has 8 rings (SSSR count). The molecule has 45 heavy (non-hydrogen) atoms. The number of fused-ring (bicyclic) bond motifs is 3. The number of carbonyl (C=O) groups excluding carboxylic acids is 1. The maximum absolute atomic E-state index is 13.0. The number of allylic oxidation sites excluding steroid dienone is 3. The summed E-state index contributed by atoms with van der Waals surface area (Å²) in [6.07, 6.45) is 18.2. The number of hydrogen-bond acceptors (Lipinski definition) is 5. The number of amides is 1. The third kappa shape index (κ3) is 5.63. The zero-order valence-electron chi connectivity index (χ0n) is 25.6. The number of nitrogens with one attached hydrogen (secondary N) is 3. The molecule has 2 saturated heterocycles. The van der Waals surface area contributed by atoms with E-state index in [-0.39, 0.29) is 18.1 Å². The number of aryl methyl sites for hydroxylation is 2. The van der Waals surface area contributed by atoms with E-state index in [0.29, 0.717) is 19.2 Å². The molecule has 230 valence electrons. The molecule has 2 fully saturated rings. The number of likely N-dealkylation sites (tertiary alicyclic amines) is 1. The Morgan fingerprint density at radius 3 is 2.67 bits per heavy atom. The Hall–Kier alpha value is -4.43. The summed E-state index contributed by atoms with van der Waals surface area (Å²) in [4.78, 5) is 31.7. The number of aromatic nitrogens is 4. The molecular formula is C37H40N6O2. The third-order valence-corrected chi connectivity index (χ3v) is 9.84. The number of carbonyl (C=O) groups is 1. The molecule has 0 bridgehead atoms. The van der Waals surface area contributed by atoms with E-state index in [1.807, 2.05) is 23.2 Å². The van der Waals surface area contributed by atoms with Gasteiger partial charge in [0.2, 0.25) is 0 Å². The number of ether oxygens (including phenoxy) is 1. The average Bonchev–Trinajstić information content (AvgIpc) is 3.91. The first-order chi connectivity index (χ1) is 22.2. The molecule has 2 aromatic heterocycles. The number of H-pyrrole nitrogens is 2. The smallest absolute Gasteiger partial charge is 0.410 e. The molecule has 0 radical (unpaired) electrons. The summed E-state index contributed by atoms with van der Waals surface area (Å²) in [5, 5.41) is 3.58. The van der Waals surface area contributed by atoms with Gasteiger partial charge in [0.05, 0.1) is 36.3 Å². The van der Waals surface area contributed by atoms with Gasteiger partial charge in [-0.3, -0.25) is 4.90 Å². The fourth-order valence-electron chi connectivity index (χ4n) is 7.36. The van der Waals surface area contributed by atoms with Crippen molar-refractivity contribution in [2.24, 2.45) is 5.92 Å². The van der Waals surface area contributed by atoms with E-state index >= 15 is 0 Å². The van der Waals surface area contributed by atoms with Crippen LogP contribution in [0.25, 0.3) is 33.6 Å². The predicted molar refractivity (Wildman–Crippen MR) is 175 cm³/mol. The van der Waals surface area contributed by atoms with Crippen LogP contribution in [-0.4, -0.2) is 50.6 Å². The Bertz CT molecular complexity index is 1740. The summed E-state index contributed by atoms with van der Waals surface area (Å²) in [7, 11) is 0. The van der Waals surface area contributed by atoms with Crippen molar-refractivity contribution in [2.45, 2.75) is 63.5 Å². The molecule has 3 atom stereocenters. The van der Waals surface area contributed by atoms with Gasteiger partial charge < -0.3 is 20.0 Å². The molecular weight excluding hydrogens is 560 g/mol. The molecule has 0 saturated carbocycles. The van der Waals surface area contributed by atoms with Crippen molar-refractivity contribution in [1.29, 1.82) is 0 Å². The SMILES string of the molecule is O=C(OCC1C=CC=CC1)N1CCC[C@H]1c1ncc(-c2ccc(-c3ccc4c(c3)CCCc3[nH]c([C@@H]5CCCN5)nc3-4)cc2)[nH]1. The Morgan fingerprint density at radius 1 is 0.933 bits per heavy atom. The van der Waals surface area contributed by atoms with Gasteiger partial charge in [0.1, 0.15) is 11.6 Å². The third-order valence-electron chi connectivity index (χ3n) is 9.84. The summed E-state index contributed by atoms with van der Waals surface area (Å²) in [6, 6.07) is 15.8. The lowest BCUT2D eigenvalue weighted by atomic mass is 9.95. The summed E-state index contributed by atoms with van der Waals surface area (Å²) in [5.41, 5.74) is 9.50. The average molecular weight is 601 g/mol. The van der Waals surface area contributed by atoms with Crippen molar-refractivity contribution in [3.63, 3.8) is 0 Å². The van der Waals surface area contributed by atoms with Crippen LogP contribution in [0, 0.1) is 5.92 Å². The Kier molecular flexibility index (Phi) is 7.59. The van der Waals surface area contributed by atoms with Crippen LogP contribution in [0.3, 0.4) is 0 Å². The molecule has 2 aliphatic carbocycles. The van der Waals surface area contributed by atoms with Gasteiger partial charge >= 0.3 is 6.09 Å². The van der Waals surface area contributed by atoms with E-state index in [2.05, 4.69) is 69.9 Å². The van der Waals surface area contributed by atoms with Crippen molar-refractivity contribution in [1.82, 2.24) is 30.2 Å². The zero-order chi connectivity index (χ0) is 30.2. The lowest BCUT2D eigenvalue weighted by Gasteiger charge is -2.23. The molecule has 4 aromatic rings. The van der Waals surface area contributed by atoms with Gasteiger partial charge in [-0.2, -0.15) is 0 Å². The second kappa shape index (κ2) is 12.2. The minimum atomic E-state index is -0.252. The van der Waals surface area contributed by atoms with E-state index in [4.69, 9.17) is 14.7 Å². The number of nitrogens with zero attached hydrogens (tertiary/aromatic N) is 3. The van der Waals surface area contributed by atoms with Crippen LogP contribution in [0.15, 0.2) is 73.0 Å². The van der Waals surface area contributed by atoms with Crippen LogP contribution in [0.2, 0.25) is 0 Å². The van der Waals surface area contributed by atoms with Crippen molar-refractivity contribution in [3.8, 4) is 33.6 Å². The zero-order valence-corrected chi connectivity index (χ0v) is 25.6. The van der Waals surface area contributed by atoms with Crippen LogP contribution < -0.4 is 5.32 Å². The van der Waals surface area contributed by atoms with Gasteiger partial charge in [-0.25, -0.2) is 14.8 Å². The molecule has 1 unspecified atom stereocenters. The molecule has 4 aliphatic rings. The van der Waals surface area contributed by atoms with Crippen molar-refractivity contribution >= 4 is 6.09 Å². The first-order valence-corrected chi connectivity index (χ1v) is 16.6. The van der Waals surface area contributed by atoms with Crippen LogP contribution >= 0.6 is 0 Å². The molecule has 8 heteroatoms. The molecule has 2 aliphatic heterocycles. The van der Waals surface area contributed by atoms with Crippen molar-refractivity contribution < 1.29 is 9.53 Å². The number of imidazole rings is 2. The number of aromatic amines is 2. The van der Waals surface area contributed by atoms with Gasteiger partial charge in [-0.05, 0) is 80.2 Å². The maximum atomic E-state index is 13.0. The van der Waals surface area contributed by atoms with Gasteiger partial charge in [0, 0.05) is 23.7 Å². The number of rotatable bonds is 6. The monoisotopic (exact) mass is 600 g/mol. The molecule has 8 nitrogen and oxygen atoms in total. The standard InChI is InChI=1S/C37H40N6O2/c44-37(45-23-24-7-2-1-3-8-24)43-20-6-12-33(43)36-39-22-32(41-36)26-15-13-25(14-16-26)27-17-18-29-28(21-27)9-4-10-30-34(29)42-35(40-30)31-11-5-19-38-31/h1-3,7,13-18,21-22,24,31,33,38H,4-6,8-12,19-20,23H2,(H,39,41)(H,40,42)/t24?,31-,33-/m0/s1. The van der Waals surface area contributed by atoms with E-state index in [0.717, 1.165) is 80.1 Å². The highest BCUT2D eigenvalue weighted by molar-refractivity contribution is 5.75. The quantitative estimate of drug-likeness (QED) is 0.214. The van der Waals surface area contributed by atoms with Crippen LogP contribution in [-0.2, 0) is 17.6 Å². The molecule has 2 aromatic carbocycles. The van der Waals surface area contributed by atoms with E-state index < -0.39 is 0 Å². The molecule has 0 spiro atoms. The van der Waals surface area contributed by atoms with E-state index in [1.54, 1.807) is 0 Å². The minimum absolute atomic E-state index is 0.0903. The molecule has 3 N–H and O–H groups in total.